The molecule has 0 saturated heterocycles. The fourth-order valence-corrected chi connectivity index (χ4v) is 2.92. The molecule has 2 aromatic rings. The second-order valence-corrected chi connectivity index (χ2v) is 4.72. The maximum atomic E-state index is 5.79. The van der Waals surface area contributed by atoms with E-state index in [0.717, 1.165) is 13.0 Å². The number of nitrogens with one attached hydrogen (secondary N) is 1. The topological polar surface area (TPSA) is 94.8 Å². The van der Waals surface area contributed by atoms with Crippen molar-refractivity contribution in [1.82, 2.24) is 20.2 Å². The molecule has 2 aromatic heterocycles. The minimum absolute atomic E-state index is 0.00444. The average molecular weight is 236 g/mol. The summed E-state index contributed by atoms with van der Waals surface area (Å²) >= 11 is 1.77. The molecule has 0 spiro atoms. The highest BCUT2D eigenvalue weighted by Gasteiger charge is 2.26. The van der Waals surface area contributed by atoms with E-state index in [1.165, 1.54) is 15.1 Å². The lowest BCUT2D eigenvalue weighted by Gasteiger charge is -2.22. The van der Waals surface area contributed by atoms with Crippen LogP contribution in [-0.2, 0) is 6.42 Å². The molecule has 7 heteroatoms. The maximum Gasteiger partial charge on any atom is 0.240 e. The van der Waals surface area contributed by atoms with E-state index < -0.39 is 0 Å². The van der Waals surface area contributed by atoms with Crippen molar-refractivity contribution >= 4 is 17.3 Å². The molecule has 0 aliphatic carbocycles. The zero-order valence-corrected chi connectivity index (χ0v) is 9.37. The van der Waals surface area contributed by atoms with Gasteiger partial charge < -0.3 is 16.9 Å². The Morgan fingerprint density at radius 2 is 2.38 bits per heavy atom. The molecule has 0 aromatic carbocycles. The molecule has 0 radical (unpaired) electrons. The Morgan fingerprint density at radius 1 is 1.50 bits per heavy atom. The first kappa shape index (κ1) is 9.61. The van der Waals surface area contributed by atoms with Crippen LogP contribution in [0.1, 0.15) is 22.3 Å². The number of nitrogens with two attached hydrogens (primary N) is 2. The van der Waals surface area contributed by atoms with Gasteiger partial charge in [0.15, 0.2) is 5.82 Å². The van der Waals surface area contributed by atoms with Gasteiger partial charge in [0, 0.05) is 11.4 Å². The average Bonchev–Trinajstić information content (AvgIpc) is 2.87. The molecule has 3 rings (SSSR count). The molecular formula is C9H12N6S. The Bertz CT molecular complexity index is 516. The third-order valence-corrected chi connectivity index (χ3v) is 3.79. The number of thiophene rings is 1. The molecule has 1 aliphatic rings. The van der Waals surface area contributed by atoms with E-state index in [1.807, 2.05) is 0 Å². The summed E-state index contributed by atoms with van der Waals surface area (Å²) in [5.41, 5.74) is 6.81. The molecule has 3 heterocycles. The lowest BCUT2D eigenvalue weighted by Crippen LogP contribution is -2.33. The number of rotatable bonds is 1. The molecular weight excluding hydrogens is 224 g/mol. The van der Waals surface area contributed by atoms with E-state index in [-0.39, 0.29) is 12.0 Å². The molecule has 6 nitrogen and oxygen atoms in total. The van der Waals surface area contributed by atoms with Crippen LogP contribution in [-0.4, -0.2) is 21.4 Å². The highest BCUT2D eigenvalue weighted by atomic mass is 32.1. The Kier molecular flexibility index (Phi) is 2.08. The number of hydrogen-bond acceptors (Lipinski definition) is 6. The SMILES string of the molecule is Nc1nnc(C2NCCc3sccc32)n1N. The smallest absolute Gasteiger partial charge is 0.240 e. The van der Waals surface area contributed by atoms with Crippen molar-refractivity contribution in [1.29, 1.82) is 0 Å². The molecule has 1 atom stereocenters. The predicted molar refractivity (Wildman–Crippen MR) is 62.5 cm³/mol. The summed E-state index contributed by atoms with van der Waals surface area (Å²) in [6, 6.07) is 2.10. The summed E-state index contributed by atoms with van der Waals surface area (Å²) in [7, 11) is 0. The molecule has 16 heavy (non-hydrogen) atoms. The van der Waals surface area contributed by atoms with Crippen LogP contribution in [0.25, 0.3) is 0 Å². The number of hydrogen-bond donors (Lipinski definition) is 3. The van der Waals surface area contributed by atoms with Crippen LogP contribution < -0.4 is 16.9 Å². The highest BCUT2D eigenvalue weighted by Crippen LogP contribution is 2.30. The second kappa shape index (κ2) is 3.46. The zero-order valence-electron chi connectivity index (χ0n) is 8.55. The van der Waals surface area contributed by atoms with Gasteiger partial charge in [-0.1, -0.05) is 0 Å². The van der Waals surface area contributed by atoms with E-state index >= 15 is 0 Å². The first-order chi connectivity index (χ1) is 7.77. The van der Waals surface area contributed by atoms with Crippen LogP contribution in [0.5, 0.6) is 0 Å². The monoisotopic (exact) mass is 236 g/mol. The van der Waals surface area contributed by atoms with E-state index in [0.29, 0.717) is 5.82 Å². The molecule has 0 bridgehead atoms. The number of nitrogens with zero attached hydrogens (tertiary/aromatic N) is 3. The van der Waals surface area contributed by atoms with Crippen LogP contribution in [0, 0.1) is 0 Å². The lowest BCUT2D eigenvalue weighted by molar-refractivity contribution is 0.539. The Balaban J connectivity index is 2.07. The Labute approximate surface area is 96.2 Å². The van der Waals surface area contributed by atoms with Gasteiger partial charge in [-0.25, -0.2) is 4.68 Å². The third-order valence-electron chi connectivity index (χ3n) is 2.80. The molecule has 5 N–H and O–H groups in total. The van der Waals surface area contributed by atoms with Crippen molar-refractivity contribution in [2.45, 2.75) is 12.5 Å². The zero-order chi connectivity index (χ0) is 11.1. The van der Waals surface area contributed by atoms with Crippen molar-refractivity contribution in [3.63, 3.8) is 0 Å². The fourth-order valence-electron chi connectivity index (χ4n) is 1.99. The van der Waals surface area contributed by atoms with Gasteiger partial charge in [-0.15, -0.1) is 21.5 Å². The Hall–Kier alpha value is -1.60. The van der Waals surface area contributed by atoms with Crippen LogP contribution in [0.2, 0.25) is 0 Å². The summed E-state index contributed by atoms with van der Waals surface area (Å²) in [6.07, 6.45) is 1.05. The third kappa shape index (κ3) is 1.29. The molecule has 0 saturated carbocycles. The second-order valence-electron chi connectivity index (χ2n) is 3.72. The molecule has 1 aliphatic heterocycles. The first-order valence-corrected chi connectivity index (χ1v) is 5.91. The van der Waals surface area contributed by atoms with Gasteiger partial charge in [-0.05, 0) is 23.4 Å². The molecule has 84 valence electrons. The summed E-state index contributed by atoms with van der Waals surface area (Å²) < 4.78 is 1.34. The fraction of sp³-hybridized carbons (Fsp3) is 0.333. The summed E-state index contributed by atoms with van der Waals surface area (Å²) in [6.45, 7) is 0.922. The quantitative estimate of drug-likeness (QED) is 0.600. The van der Waals surface area contributed by atoms with E-state index in [1.54, 1.807) is 11.3 Å². The molecule has 1 unspecified atom stereocenters. The van der Waals surface area contributed by atoms with Crippen LogP contribution in [0.15, 0.2) is 11.4 Å². The van der Waals surface area contributed by atoms with Gasteiger partial charge in [0.1, 0.15) is 0 Å². The van der Waals surface area contributed by atoms with Gasteiger partial charge in [-0.2, -0.15) is 0 Å². The largest absolute Gasteiger partial charge is 0.366 e. The van der Waals surface area contributed by atoms with Crippen LogP contribution in [0.3, 0.4) is 0 Å². The standard InChI is InChI=1S/C9H12N6S/c10-9-14-13-8(15(9)11)7-5-2-4-16-6(5)1-3-12-7/h2,4,7,12H,1,3,11H2,(H2,10,14). The first-order valence-electron chi connectivity index (χ1n) is 5.03. The van der Waals surface area contributed by atoms with E-state index in [2.05, 4.69) is 27.0 Å². The van der Waals surface area contributed by atoms with Crippen LogP contribution >= 0.6 is 11.3 Å². The number of fused-ring (bicyclic) bond motifs is 1. The minimum Gasteiger partial charge on any atom is -0.366 e. The summed E-state index contributed by atoms with van der Waals surface area (Å²) in [5.74, 6) is 6.69. The van der Waals surface area contributed by atoms with Gasteiger partial charge in [0.2, 0.25) is 5.95 Å². The number of nitrogen functional groups attached to an aromatic ring is 2. The van der Waals surface area contributed by atoms with Gasteiger partial charge >= 0.3 is 0 Å². The normalized spacial score (nSPS) is 19.6. The number of anilines is 1. The Morgan fingerprint density at radius 3 is 3.12 bits per heavy atom. The molecule has 0 fully saturated rings. The van der Waals surface area contributed by atoms with Crippen molar-refractivity contribution in [2.75, 3.05) is 18.1 Å². The van der Waals surface area contributed by atoms with Crippen LogP contribution in [0.4, 0.5) is 5.95 Å². The van der Waals surface area contributed by atoms with Gasteiger partial charge in [0.05, 0.1) is 6.04 Å². The minimum atomic E-state index is 0.00444. The van der Waals surface area contributed by atoms with Crippen molar-refractivity contribution in [3.8, 4) is 0 Å². The predicted octanol–water partition coefficient (Wildman–Crippen LogP) is -0.129. The van der Waals surface area contributed by atoms with Gasteiger partial charge in [-0.3, -0.25) is 0 Å². The van der Waals surface area contributed by atoms with Crippen molar-refractivity contribution in [3.05, 3.63) is 27.7 Å². The summed E-state index contributed by atoms with van der Waals surface area (Å²) in [5, 5.41) is 13.3. The summed E-state index contributed by atoms with van der Waals surface area (Å²) in [4.78, 5) is 1.38. The van der Waals surface area contributed by atoms with Crippen molar-refractivity contribution < 1.29 is 0 Å². The van der Waals surface area contributed by atoms with Crippen molar-refractivity contribution in [2.24, 2.45) is 0 Å². The van der Waals surface area contributed by atoms with Gasteiger partial charge in [0.25, 0.3) is 0 Å². The number of aromatic nitrogens is 3. The molecule has 0 amide bonds. The van der Waals surface area contributed by atoms with E-state index in [9.17, 15) is 0 Å². The lowest BCUT2D eigenvalue weighted by atomic mass is 10.0. The highest BCUT2D eigenvalue weighted by molar-refractivity contribution is 7.10. The maximum absolute atomic E-state index is 5.79. The van der Waals surface area contributed by atoms with E-state index in [4.69, 9.17) is 11.6 Å².